The Morgan fingerprint density at radius 3 is 2.81 bits per heavy atom. The Morgan fingerprint density at radius 2 is 2.09 bits per heavy atom. The van der Waals surface area contributed by atoms with Crippen LogP contribution in [-0.4, -0.2) is 70.2 Å². The molecule has 32 heavy (non-hydrogen) atoms. The molecule has 4 rings (SSSR count). The number of carbonyl (C=O) groups excluding carboxylic acids is 1. The molecule has 0 aromatic carbocycles. The highest BCUT2D eigenvalue weighted by molar-refractivity contribution is 7.13. The zero-order chi connectivity index (χ0) is 22.3. The van der Waals surface area contributed by atoms with Crippen molar-refractivity contribution in [1.82, 2.24) is 25.0 Å². The van der Waals surface area contributed by atoms with Gasteiger partial charge in [-0.1, -0.05) is 13.0 Å². The molecule has 0 unspecified atom stereocenters. The average Bonchev–Trinajstić information content (AvgIpc) is 3.51. The fourth-order valence-electron chi connectivity index (χ4n) is 3.69. The molecule has 0 N–H and O–H groups in total. The number of piperazine rings is 1. The molecular weight excluding hydrogens is 426 g/mol. The van der Waals surface area contributed by atoms with E-state index in [4.69, 9.17) is 4.42 Å². The molecule has 0 saturated carbocycles. The number of thiophene rings is 1. The highest BCUT2D eigenvalue weighted by Crippen LogP contribution is 2.23. The van der Waals surface area contributed by atoms with Crippen molar-refractivity contribution in [2.75, 3.05) is 44.2 Å². The minimum absolute atomic E-state index is 0.0479. The summed E-state index contributed by atoms with van der Waals surface area (Å²) >= 11 is 1.54. The Balaban J connectivity index is 1.33. The van der Waals surface area contributed by atoms with Crippen LogP contribution in [0, 0.1) is 11.3 Å². The minimum atomic E-state index is 0.0479. The maximum Gasteiger partial charge on any atom is 0.257 e. The number of rotatable bonds is 8. The first-order valence-electron chi connectivity index (χ1n) is 10.6. The van der Waals surface area contributed by atoms with Crippen LogP contribution in [0.3, 0.4) is 0 Å². The van der Waals surface area contributed by atoms with E-state index >= 15 is 0 Å². The van der Waals surface area contributed by atoms with Gasteiger partial charge in [-0.05, 0) is 30.0 Å². The lowest BCUT2D eigenvalue weighted by Crippen LogP contribution is -2.50. The highest BCUT2D eigenvalue weighted by atomic mass is 32.1. The summed E-state index contributed by atoms with van der Waals surface area (Å²) in [5.74, 6) is 1.69. The molecule has 0 aliphatic carbocycles. The standard InChI is InChI=1S/C22H25N7O2S/c1-2-8-29(15-19-25-26-22(31-19)18-6-4-13-32-18)20(30)16-27-9-11-28(12-10-27)21-17(14-23)5-3-7-24-21/h3-7,13H,2,8-12,15-16H2,1H3. The van der Waals surface area contributed by atoms with Gasteiger partial charge >= 0.3 is 0 Å². The fourth-order valence-corrected chi connectivity index (χ4v) is 4.33. The van der Waals surface area contributed by atoms with E-state index in [1.807, 2.05) is 24.4 Å². The smallest absolute Gasteiger partial charge is 0.257 e. The van der Waals surface area contributed by atoms with Gasteiger partial charge in [0.05, 0.1) is 23.5 Å². The number of hydrogen-bond acceptors (Lipinski definition) is 9. The average molecular weight is 452 g/mol. The summed E-state index contributed by atoms with van der Waals surface area (Å²) in [6.45, 7) is 6.24. The van der Waals surface area contributed by atoms with E-state index in [9.17, 15) is 10.1 Å². The first-order chi connectivity index (χ1) is 15.7. The second-order valence-corrected chi connectivity index (χ2v) is 8.49. The van der Waals surface area contributed by atoms with Crippen LogP contribution in [0.4, 0.5) is 5.82 Å². The normalized spacial score (nSPS) is 14.3. The van der Waals surface area contributed by atoms with Crippen LogP contribution in [-0.2, 0) is 11.3 Å². The number of nitriles is 1. The Labute approximate surface area is 190 Å². The van der Waals surface area contributed by atoms with Gasteiger partial charge in [-0.25, -0.2) is 4.98 Å². The van der Waals surface area contributed by atoms with Crippen LogP contribution >= 0.6 is 11.3 Å². The van der Waals surface area contributed by atoms with Crippen molar-refractivity contribution in [3.8, 4) is 16.8 Å². The third kappa shape index (κ3) is 5.12. The van der Waals surface area contributed by atoms with Crippen molar-refractivity contribution in [2.45, 2.75) is 19.9 Å². The molecule has 4 heterocycles. The lowest BCUT2D eigenvalue weighted by atomic mass is 10.2. The van der Waals surface area contributed by atoms with Gasteiger partial charge in [0, 0.05) is 38.9 Å². The summed E-state index contributed by atoms with van der Waals surface area (Å²) in [4.78, 5) is 24.3. The second-order valence-electron chi connectivity index (χ2n) is 7.54. The number of aromatic nitrogens is 3. The van der Waals surface area contributed by atoms with E-state index in [-0.39, 0.29) is 5.91 Å². The quantitative estimate of drug-likeness (QED) is 0.515. The van der Waals surface area contributed by atoms with Crippen LogP contribution in [0.1, 0.15) is 24.8 Å². The maximum atomic E-state index is 13.0. The van der Waals surface area contributed by atoms with E-state index in [2.05, 4.69) is 31.1 Å². The van der Waals surface area contributed by atoms with Crippen LogP contribution in [0.2, 0.25) is 0 Å². The molecule has 3 aromatic rings. The molecule has 1 aliphatic rings. The van der Waals surface area contributed by atoms with Gasteiger partial charge in [0.1, 0.15) is 11.9 Å². The van der Waals surface area contributed by atoms with Crippen LogP contribution in [0.25, 0.3) is 10.8 Å². The third-order valence-electron chi connectivity index (χ3n) is 5.31. The Kier molecular flexibility index (Phi) is 7.09. The molecule has 0 radical (unpaired) electrons. The van der Waals surface area contributed by atoms with Gasteiger partial charge in [-0.15, -0.1) is 21.5 Å². The molecule has 166 valence electrons. The van der Waals surface area contributed by atoms with Crippen LogP contribution in [0.15, 0.2) is 40.3 Å². The maximum absolute atomic E-state index is 13.0. The molecule has 0 bridgehead atoms. The molecule has 1 fully saturated rings. The van der Waals surface area contributed by atoms with E-state index in [0.29, 0.717) is 42.8 Å². The number of amides is 1. The van der Waals surface area contributed by atoms with Crippen LogP contribution < -0.4 is 4.90 Å². The van der Waals surface area contributed by atoms with Crippen molar-refractivity contribution >= 4 is 23.1 Å². The highest BCUT2D eigenvalue weighted by Gasteiger charge is 2.24. The summed E-state index contributed by atoms with van der Waals surface area (Å²) in [6.07, 6.45) is 2.55. The number of pyridine rings is 1. The molecule has 9 nitrogen and oxygen atoms in total. The lowest BCUT2D eigenvalue weighted by molar-refractivity contribution is -0.133. The van der Waals surface area contributed by atoms with E-state index in [0.717, 1.165) is 37.5 Å². The zero-order valence-corrected chi connectivity index (χ0v) is 18.8. The van der Waals surface area contributed by atoms with Crippen molar-refractivity contribution in [1.29, 1.82) is 5.26 Å². The number of carbonyl (C=O) groups is 1. The largest absolute Gasteiger partial charge is 0.418 e. The third-order valence-corrected chi connectivity index (χ3v) is 6.17. The number of nitrogens with zero attached hydrogens (tertiary/aromatic N) is 7. The summed E-state index contributed by atoms with van der Waals surface area (Å²) < 4.78 is 5.77. The summed E-state index contributed by atoms with van der Waals surface area (Å²) in [6, 6.07) is 9.62. The number of anilines is 1. The van der Waals surface area contributed by atoms with Gasteiger partial charge in [0.2, 0.25) is 11.8 Å². The van der Waals surface area contributed by atoms with Gasteiger partial charge in [0.25, 0.3) is 5.89 Å². The fraction of sp³-hybridized carbons (Fsp3) is 0.409. The molecule has 0 atom stereocenters. The molecule has 0 spiro atoms. The van der Waals surface area contributed by atoms with Gasteiger partial charge in [-0.3, -0.25) is 9.69 Å². The molecule has 10 heteroatoms. The monoisotopic (exact) mass is 451 g/mol. The summed E-state index contributed by atoms with van der Waals surface area (Å²) in [5, 5.41) is 19.5. The SMILES string of the molecule is CCCN(Cc1nnc(-c2cccs2)o1)C(=O)CN1CCN(c2ncccc2C#N)CC1. The van der Waals surface area contributed by atoms with E-state index < -0.39 is 0 Å². The Bertz CT molecular complexity index is 1070. The van der Waals surface area contributed by atoms with E-state index in [1.165, 1.54) is 11.3 Å². The topological polar surface area (TPSA) is 102 Å². The molecular formula is C22H25N7O2S. The van der Waals surface area contributed by atoms with Crippen molar-refractivity contribution in [3.63, 3.8) is 0 Å². The summed E-state index contributed by atoms with van der Waals surface area (Å²) in [7, 11) is 0. The van der Waals surface area contributed by atoms with Gasteiger partial charge in [0.15, 0.2) is 0 Å². The van der Waals surface area contributed by atoms with Crippen molar-refractivity contribution in [3.05, 3.63) is 47.3 Å². The van der Waals surface area contributed by atoms with Gasteiger partial charge in [-0.2, -0.15) is 5.26 Å². The summed E-state index contributed by atoms with van der Waals surface area (Å²) in [5.41, 5.74) is 0.577. The first kappa shape index (κ1) is 21.9. The molecule has 1 saturated heterocycles. The van der Waals surface area contributed by atoms with Crippen LogP contribution in [0.5, 0.6) is 0 Å². The first-order valence-corrected chi connectivity index (χ1v) is 11.5. The lowest BCUT2D eigenvalue weighted by Gasteiger charge is -2.36. The van der Waals surface area contributed by atoms with Gasteiger partial charge < -0.3 is 14.2 Å². The molecule has 3 aromatic heterocycles. The molecule has 1 amide bonds. The second kappa shape index (κ2) is 10.3. The van der Waals surface area contributed by atoms with Crippen molar-refractivity contribution < 1.29 is 9.21 Å². The predicted molar refractivity (Wildman–Crippen MR) is 121 cm³/mol. The minimum Gasteiger partial charge on any atom is -0.418 e. The van der Waals surface area contributed by atoms with Crippen molar-refractivity contribution in [2.24, 2.45) is 0 Å². The van der Waals surface area contributed by atoms with E-state index in [1.54, 1.807) is 23.2 Å². The number of hydrogen-bond donors (Lipinski definition) is 0. The zero-order valence-electron chi connectivity index (χ0n) is 18.0. The Morgan fingerprint density at radius 1 is 1.25 bits per heavy atom. The Hall–Kier alpha value is -3.29. The molecule has 1 aliphatic heterocycles. The predicted octanol–water partition coefficient (Wildman–Crippen LogP) is 2.63.